The van der Waals surface area contributed by atoms with Gasteiger partial charge in [-0.05, 0) is 46.7 Å². The van der Waals surface area contributed by atoms with Crippen molar-refractivity contribution in [1.29, 1.82) is 0 Å². The summed E-state index contributed by atoms with van der Waals surface area (Å²) in [6, 6.07) is 1.46. The van der Waals surface area contributed by atoms with Crippen LogP contribution in [0.4, 0.5) is 0 Å². The van der Waals surface area contributed by atoms with Crippen molar-refractivity contribution in [3.05, 3.63) is 0 Å². The number of nitrogens with zero attached hydrogens (tertiary/aromatic N) is 3. The fraction of sp³-hybridized carbons (Fsp3) is 1.00. The summed E-state index contributed by atoms with van der Waals surface area (Å²) in [5.74, 6) is 0. The number of piperazine rings is 1. The van der Waals surface area contributed by atoms with Crippen molar-refractivity contribution in [3.63, 3.8) is 0 Å². The molecule has 2 aliphatic rings. The minimum absolute atomic E-state index is 0.715. The Balaban J connectivity index is 1.70. The average molecular weight is 253 g/mol. The molecular formula is C15H31N3. The number of rotatable bonds is 4. The molecule has 0 N–H and O–H groups in total. The standard InChI is InChI=1S/C15H31N3/c1-14(2)17-11-9-16(10-12-17)13-15(3)18-7-5-4-6-8-18/h14-15H,4-13H2,1-3H3/t15-/m1/s1. The van der Waals surface area contributed by atoms with Crippen LogP contribution in [0, 0.1) is 0 Å². The van der Waals surface area contributed by atoms with Gasteiger partial charge in [0.1, 0.15) is 0 Å². The van der Waals surface area contributed by atoms with E-state index in [0.717, 1.165) is 6.04 Å². The molecule has 0 aromatic rings. The van der Waals surface area contributed by atoms with Crippen molar-refractivity contribution in [1.82, 2.24) is 14.7 Å². The second kappa shape index (κ2) is 6.88. The van der Waals surface area contributed by atoms with Crippen molar-refractivity contribution in [2.45, 2.75) is 52.1 Å². The van der Waals surface area contributed by atoms with Crippen molar-refractivity contribution < 1.29 is 0 Å². The van der Waals surface area contributed by atoms with Gasteiger partial charge in [-0.25, -0.2) is 0 Å². The molecule has 2 fully saturated rings. The monoisotopic (exact) mass is 253 g/mol. The molecule has 18 heavy (non-hydrogen) atoms. The first-order valence-electron chi connectivity index (χ1n) is 7.87. The maximum Gasteiger partial charge on any atom is 0.0194 e. The smallest absolute Gasteiger partial charge is 0.0194 e. The first kappa shape index (κ1) is 14.3. The zero-order valence-electron chi connectivity index (χ0n) is 12.6. The Kier molecular flexibility index (Phi) is 5.46. The molecule has 2 aliphatic heterocycles. The summed E-state index contributed by atoms with van der Waals surface area (Å²) in [6.07, 6.45) is 4.26. The Labute approximate surface area is 113 Å². The quantitative estimate of drug-likeness (QED) is 0.757. The number of hydrogen-bond acceptors (Lipinski definition) is 3. The van der Waals surface area contributed by atoms with Gasteiger partial charge in [-0.15, -0.1) is 0 Å². The lowest BCUT2D eigenvalue weighted by molar-refractivity contribution is 0.0749. The summed E-state index contributed by atoms with van der Waals surface area (Å²) in [6.45, 7) is 16.0. The maximum absolute atomic E-state index is 2.69. The van der Waals surface area contributed by atoms with Crippen molar-refractivity contribution in [2.75, 3.05) is 45.8 Å². The molecule has 0 saturated carbocycles. The minimum atomic E-state index is 0.715. The predicted molar refractivity (Wildman–Crippen MR) is 78.0 cm³/mol. The van der Waals surface area contributed by atoms with Crippen molar-refractivity contribution in [3.8, 4) is 0 Å². The fourth-order valence-electron chi connectivity index (χ4n) is 3.31. The molecule has 2 saturated heterocycles. The van der Waals surface area contributed by atoms with Crippen LogP contribution in [-0.4, -0.2) is 72.6 Å². The van der Waals surface area contributed by atoms with E-state index in [0.29, 0.717) is 6.04 Å². The van der Waals surface area contributed by atoms with Gasteiger partial charge in [0, 0.05) is 44.8 Å². The van der Waals surface area contributed by atoms with Crippen LogP contribution in [0.5, 0.6) is 0 Å². The Morgan fingerprint density at radius 2 is 1.33 bits per heavy atom. The Morgan fingerprint density at radius 3 is 1.89 bits per heavy atom. The highest BCUT2D eigenvalue weighted by Gasteiger charge is 2.23. The van der Waals surface area contributed by atoms with E-state index in [9.17, 15) is 0 Å². The van der Waals surface area contributed by atoms with Gasteiger partial charge in [0.15, 0.2) is 0 Å². The van der Waals surface area contributed by atoms with E-state index in [1.54, 1.807) is 0 Å². The molecule has 0 spiro atoms. The van der Waals surface area contributed by atoms with Crippen LogP contribution in [0.2, 0.25) is 0 Å². The lowest BCUT2D eigenvalue weighted by Gasteiger charge is -2.40. The molecule has 3 heteroatoms. The molecule has 1 atom stereocenters. The first-order valence-corrected chi connectivity index (χ1v) is 7.87. The molecule has 0 aliphatic carbocycles. The summed E-state index contributed by atoms with van der Waals surface area (Å²) >= 11 is 0. The van der Waals surface area contributed by atoms with Crippen molar-refractivity contribution >= 4 is 0 Å². The predicted octanol–water partition coefficient (Wildman–Crippen LogP) is 1.89. The zero-order chi connectivity index (χ0) is 13.0. The van der Waals surface area contributed by atoms with E-state index in [-0.39, 0.29) is 0 Å². The highest BCUT2D eigenvalue weighted by Crippen LogP contribution is 2.14. The van der Waals surface area contributed by atoms with Gasteiger partial charge in [0.25, 0.3) is 0 Å². The summed E-state index contributed by atoms with van der Waals surface area (Å²) < 4.78 is 0. The number of hydrogen-bond donors (Lipinski definition) is 0. The second-order valence-electron chi connectivity index (χ2n) is 6.38. The van der Waals surface area contributed by atoms with Crippen LogP contribution in [0.1, 0.15) is 40.0 Å². The molecular weight excluding hydrogens is 222 g/mol. The molecule has 0 aromatic heterocycles. The molecule has 0 unspecified atom stereocenters. The van der Waals surface area contributed by atoms with Crippen molar-refractivity contribution in [2.24, 2.45) is 0 Å². The third-order valence-electron chi connectivity index (χ3n) is 4.67. The highest BCUT2D eigenvalue weighted by atomic mass is 15.3. The van der Waals surface area contributed by atoms with Gasteiger partial charge in [-0.2, -0.15) is 0 Å². The van der Waals surface area contributed by atoms with Crippen LogP contribution in [0.15, 0.2) is 0 Å². The van der Waals surface area contributed by atoms with E-state index >= 15 is 0 Å². The first-order chi connectivity index (χ1) is 8.66. The van der Waals surface area contributed by atoms with Crippen LogP contribution in [-0.2, 0) is 0 Å². The van der Waals surface area contributed by atoms with Crippen LogP contribution in [0.25, 0.3) is 0 Å². The number of likely N-dealkylation sites (tertiary alicyclic amines) is 1. The summed E-state index contributed by atoms with van der Waals surface area (Å²) in [5, 5.41) is 0. The third kappa shape index (κ3) is 3.94. The van der Waals surface area contributed by atoms with Gasteiger partial charge in [-0.3, -0.25) is 14.7 Å². The SMILES string of the molecule is CC(C)N1CCN(C[C@@H](C)N2CCCCC2)CC1. The topological polar surface area (TPSA) is 9.72 Å². The van der Waals surface area contributed by atoms with Gasteiger partial charge in [-0.1, -0.05) is 6.42 Å². The van der Waals surface area contributed by atoms with Crippen LogP contribution >= 0.6 is 0 Å². The van der Waals surface area contributed by atoms with Gasteiger partial charge < -0.3 is 0 Å². The molecule has 2 heterocycles. The highest BCUT2D eigenvalue weighted by molar-refractivity contribution is 4.79. The molecule has 0 radical (unpaired) electrons. The van der Waals surface area contributed by atoms with Gasteiger partial charge in [0.05, 0.1) is 0 Å². The zero-order valence-corrected chi connectivity index (χ0v) is 12.6. The Morgan fingerprint density at radius 1 is 0.722 bits per heavy atom. The molecule has 0 bridgehead atoms. The Bertz CT molecular complexity index is 228. The van der Waals surface area contributed by atoms with Crippen LogP contribution in [0.3, 0.4) is 0 Å². The molecule has 106 valence electrons. The summed E-state index contributed by atoms with van der Waals surface area (Å²) in [7, 11) is 0. The summed E-state index contributed by atoms with van der Waals surface area (Å²) in [4.78, 5) is 7.96. The third-order valence-corrected chi connectivity index (χ3v) is 4.67. The van der Waals surface area contributed by atoms with Gasteiger partial charge >= 0.3 is 0 Å². The molecule has 2 rings (SSSR count). The largest absolute Gasteiger partial charge is 0.299 e. The molecule has 0 aromatic carbocycles. The fourth-order valence-corrected chi connectivity index (χ4v) is 3.31. The van der Waals surface area contributed by atoms with E-state index < -0.39 is 0 Å². The van der Waals surface area contributed by atoms with Gasteiger partial charge in [0.2, 0.25) is 0 Å². The Hall–Kier alpha value is -0.120. The van der Waals surface area contributed by atoms with E-state index in [4.69, 9.17) is 0 Å². The van der Waals surface area contributed by atoms with Crippen LogP contribution < -0.4 is 0 Å². The van der Waals surface area contributed by atoms with E-state index in [2.05, 4.69) is 35.5 Å². The molecule has 0 amide bonds. The average Bonchev–Trinajstić information content (AvgIpc) is 2.40. The lowest BCUT2D eigenvalue weighted by atomic mass is 10.1. The minimum Gasteiger partial charge on any atom is -0.299 e. The second-order valence-corrected chi connectivity index (χ2v) is 6.38. The number of piperidine rings is 1. The maximum atomic E-state index is 2.69. The van der Waals surface area contributed by atoms with E-state index in [1.165, 1.54) is 65.1 Å². The lowest BCUT2D eigenvalue weighted by Crippen LogP contribution is -2.52. The van der Waals surface area contributed by atoms with E-state index in [1.807, 2.05) is 0 Å². The summed E-state index contributed by atoms with van der Waals surface area (Å²) in [5.41, 5.74) is 0. The normalized spacial score (nSPS) is 26.7. The molecule has 3 nitrogen and oxygen atoms in total.